The Kier molecular flexibility index (Phi) is 4.62. The van der Waals surface area contributed by atoms with Crippen molar-refractivity contribution in [3.05, 3.63) is 72.1 Å². The van der Waals surface area contributed by atoms with Crippen LogP contribution in [0.15, 0.2) is 60.9 Å². The molecule has 1 atom stereocenters. The molecule has 0 aliphatic rings. The minimum Gasteiger partial charge on any atom is -0.351 e. The first-order valence-electron chi connectivity index (χ1n) is 7.82. The molecular weight excluding hydrogens is 286 g/mol. The number of nitrogens with zero attached hydrogens (tertiary/aromatic N) is 2. The molecule has 0 saturated carbocycles. The van der Waals surface area contributed by atoms with Crippen molar-refractivity contribution in [3.63, 3.8) is 0 Å². The van der Waals surface area contributed by atoms with Crippen LogP contribution in [0.4, 0.5) is 0 Å². The molecule has 0 saturated heterocycles. The Labute approximate surface area is 135 Å². The van der Waals surface area contributed by atoms with E-state index in [0.717, 1.165) is 17.5 Å². The number of aromatic nitrogens is 2. The molecule has 0 unspecified atom stereocenters. The van der Waals surface area contributed by atoms with Crippen molar-refractivity contribution < 1.29 is 4.79 Å². The first kappa shape index (κ1) is 15.2. The molecular formula is C19H19N3O. The third kappa shape index (κ3) is 3.54. The minimum absolute atomic E-state index is 0.0769. The molecule has 0 aliphatic carbocycles. The van der Waals surface area contributed by atoms with Crippen LogP contribution in [0.1, 0.15) is 35.2 Å². The number of carbonyl (C=O) groups is 1. The Hall–Kier alpha value is -2.75. The van der Waals surface area contributed by atoms with Crippen LogP contribution >= 0.6 is 0 Å². The van der Waals surface area contributed by atoms with Gasteiger partial charge >= 0.3 is 0 Å². The second-order valence-corrected chi connectivity index (χ2v) is 5.49. The third-order valence-electron chi connectivity index (χ3n) is 4.00. The lowest BCUT2D eigenvalue weighted by Gasteiger charge is -2.16. The number of benzene rings is 2. The van der Waals surface area contributed by atoms with Crippen LogP contribution in [0.3, 0.4) is 0 Å². The van der Waals surface area contributed by atoms with Crippen LogP contribution in [0.2, 0.25) is 0 Å². The zero-order chi connectivity index (χ0) is 16.1. The molecule has 0 bridgehead atoms. The molecule has 2 aromatic carbocycles. The molecule has 116 valence electrons. The SMILES string of the molecule is CC[C@H](CNC(=O)c1ccc2nccnc2c1)c1ccccc1. The van der Waals surface area contributed by atoms with Crippen molar-refractivity contribution in [1.29, 1.82) is 0 Å². The van der Waals surface area contributed by atoms with Crippen molar-refractivity contribution in [2.45, 2.75) is 19.3 Å². The van der Waals surface area contributed by atoms with Gasteiger partial charge in [0.15, 0.2) is 0 Å². The van der Waals surface area contributed by atoms with Gasteiger partial charge in [0.25, 0.3) is 5.91 Å². The fraction of sp³-hybridized carbons (Fsp3) is 0.211. The third-order valence-corrected chi connectivity index (χ3v) is 4.00. The van der Waals surface area contributed by atoms with Crippen molar-refractivity contribution >= 4 is 16.9 Å². The number of carbonyl (C=O) groups excluding carboxylic acids is 1. The lowest BCUT2D eigenvalue weighted by Crippen LogP contribution is -2.28. The van der Waals surface area contributed by atoms with Gasteiger partial charge in [0.1, 0.15) is 0 Å². The summed E-state index contributed by atoms with van der Waals surface area (Å²) in [5.74, 6) is 0.243. The van der Waals surface area contributed by atoms with Crippen LogP contribution in [-0.2, 0) is 0 Å². The quantitative estimate of drug-likeness (QED) is 0.784. The van der Waals surface area contributed by atoms with Crippen LogP contribution in [0.25, 0.3) is 11.0 Å². The second kappa shape index (κ2) is 7.01. The van der Waals surface area contributed by atoms with Gasteiger partial charge in [0, 0.05) is 30.4 Å². The van der Waals surface area contributed by atoms with E-state index in [1.165, 1.54) is 5.56 Å². The van der Waals surface area contributed by atoms with Gasteiger partial charge in [-0.1, -0.05) is 37.3 Å². The highest BCUT2D eigenvalue weighted by Crippen LogP contribution is 2.18. The molecule has 0 radical (unpaired) electrons. The topological polar surface area (TPSA) is 54.9 Å². The van der Waals surface area contributed by atoms with E-state index in [2.05, 4.69) is 34.3 Å². The summed E-state index contributed by atoms with van der Waals surface area (Å²) in [6.45, 7) is 2.76. The maximum atomic E-state index is 12.4. The van der Waals surface area contributed by atoms with E-state index >= 15 is 0 Å². The van der Waals surface area contributed by atoms with Crippen molar-refractivity contribution in [2.75, 3.05) is 6.54 Å². The fourth-order valence-corrected chi connectivity index (χ4v) is 2.65. The van der Waals surface area contributed by atoms with Gasteiger partial charge < -0.3 is 5.32 Å². The fourth-order valence-electron chi connectivity index (χ4n) is 2.65. The van der Waals surface area contributed by atoms with Gasteiger partial charge in [-0.2, -0.15) is 0 Å². The van der Waals surface area contributed by atoms with E-state index in [-0.39, 0.29) is 5.91 Å². The summed E-state index contributed by atoms with van der Waals surface area (Å²) >= 11 is 0. The van der Waals surface area contributed by atoms with Crippen molar-refractivity contribution in [2.24, 2.45) is 0 Å². The number of hydrogen-bond donors (Lipinski definition) is 1. The lowest BCUT2D eigenvalue weighted by atomic mass is 9.96. The average molecular weight is 305 g/mol. The van der Waals surface area contributed by atoms with Crippen LogP contribution in [0.5, 0.6) is 0 Å². The number of fused-ring (bicyclic) bond motifs is 1. The Balaban J connectivity index is 1.70. The highest BCUT2D eigenvalue weighted by molar-refractivity contribution is 5.97. The molecule has 3 aromatic rings. The Morgan fingerprint density at radius 1 is 1.04 bits per heavy atom. The number of nitrogens with one attached hydrogen (secondary N) is 1. The van der Waals surface area contributed by atoms with E-state index in [0.29, 0.717) is 18.0 Å². The van der Waals surface area contributed by atoms with Gasteiger partial charge in [-0.25, -0.2) is 0 Å². The van der Waals surface area contributed by atoms with E-state index < -0.39 is 0 Å². The second-order valence-electron chi connectivity index (χ2n) is 5.49. The summed E-state index contributed by atoms with van der Waals surface area (Å²) in [4.78, 5) is 20.8. The maximum Gasteiger partial charge on any atom is 0.251 e. The zero-order valence-corrected chi connectivity index (χ0v) is 13.1. The molecule has 1 heterocycles. The Morgan fingerprint density at radius 2 is 1.78 bits per heavy atom. The predicted octanol–water partition coefficient (Wildman–Crippen LogP) is 3.55. The van der Waals surface area contributed by atoms with Crippen molar-refractivity contribution in [1.82, 2.24) is 15.3 Å². The molecule has 1 amide bonds. The van der Waals surface area contributed by atoms with Gasteiger partial charge in [-0.15, -0.1) is 0 Å². The van der Waals surface area contributed by atoms with Crippen LogP contribution < -0.4 is 5.32 Å². The highest BCUT2D eigenvalue weighted by Gasteiger charge is 2.12. The first-order chi connectivity index (χ1) is 11.3. The normalized spacial score (nSPS) is 12.0. The highest BCUT2D eigenvalue weighted by atomic mass is 16.1. The Morgan fingerprint density at radius 3 is 2.52 bits per heavy atom. The zero-order valence-electron chi connectivity index (χ0n) is 13.1. The van der Waals surface area contributed by atoms with E-state index in [4.69, 9.17) is 0 Å². The summed E-state index contributed by atoms with van der Waals surface area (Å²) < 4.78 is 0. The largest absolute Gasteiger partial charge is 0.351 e. The monoisotopic (exact) mass is 305 g/mol. The molecule has 0 aliphatic heterocycles. The molecule has 3 rings (SSSR count). The summed E-state index contributed by atoms with van der Waals surface area (Å²) in [6.07, 6.45) is 4.26. The molecule has 1 aromatic heterocycles. The van der Waals surface area contributed by atoms with Gasteiger partial charge in [0.05, 0.1) is 11.0 Å². The smallest absolute Gasteiger partial charge is 0.251 e. The molecule has 23 heavy (non-hydrogen) atoms. The predicted molar refractivity (Wildman–Crippen MR) is 91.3 cm³/mol. The average Bonchev–Trinajstić information content (AvgIpc) is 2.62. The molecule has 4 nitrogen and oxygen atoms in total. The number of rotatable bonds is 5. The number of hydrogen-bond acceptors (Lipinski definition) is 3. The van der Waals surface area contributed by atoms with Gasteiger partial charge in [0.2, 0.25) is 0 Å². The van der Waals surface area contributed by atoms with E-state index in [1.807, 2.05) is 24.3 Å². The summed E-state index contributed by atoms with van der Waals surface area (Å²) in [5, 5.41) is 3.03. The van der Waals surface area contributed by atoms with E-state index in [1.54, 1.807) is 24.5 Å². The molecule has 1 N–H and O–H groups in total. The minimum atomic E-state index is -0.0769. The summed E-state index contributed by atoms with van der Waals surface area (Å²) in [6, 6.07) is 15.7. The lowest BCUT2D eigenvalue weighted by molar-refractivity contribution is 0.0951. The molecule has 4 heteroatoms. The van der Waals surface area contributed by atoms with Crippen LogP contribution in [-0.4, -0.2) is 22.4 Å². The van der Waals surface area contributed by atoms with Crippen molar-refractivity contribution in [3.8, 4) is 0 Å². The Bertz CT molecular complexity index is 802. The summed E-state index contributed by atoms with van der Waals surface area (Å²) in [5.41, 5.74) is 3.38. The first-order valence-corrected chi connectivity index (χ1v) is 7.82. The van der Waals surface area contributed by atoms with Gasteiger partial charge in [-0.05, 0) is 30.2 Å². The van der Waals surface area contributed by atoms with Crippen LogP contribution in [0, 0.1) is 0 Å². The maximum absolute atomic E-state index is 12.4. The molecule has 0 spiro atoms. The van der Waals surface area contributed by atoms with E-state index in [9.17, 15) is 4.79 Å². The standard InChI is InChI=1S/C19H19N3O/c1-2-14(15-6-4-3-5-7-15)13-22-19(23)16-8-9-17-18(12-16)21-11-10-20-17/h3-12,14H,2,13H2,1H3,(H,22,23)/t14-/m1/s1. The number of amides is 1. The molecule has 0 fully saturated rings. The summed E-state index contributed by atoms with van der Waals surface area (Å²) in [7, 11) is 0. The van der Waals surface area contributed by atoms with Gasteiger partial charge in [-0.3, -0.25) is 14.8 Å².